The molecule has 9 nitrogen and oxygen atoms in total. The second-order valence-corrected chi connectivity index (χ2v) is 5.38. The largest absolute Gasteiger partial charge is 0.504 e. The monoisotopic (exact) mass is 385 g/mol. The van der Waals surface area contributed by atoms with Gasteiger partial charge in [0.15, 0.2) is 11.5 Å². The van der Waals surface area contributed by atoms with Gasteiger partial charge in [0.05, 0.1) is 25.5 Å². The molecule has 2 amide bonds. The normalized spacial score (nSPS) is 10.4. The summed E-state index contributed by atoms with van der Waals surface area (Å²) < 4.78 is 9.82. The van der Waals surface area contributed by atoms with Gasteiger partial charge in [0.1, 0.15) is 0 Å². The molecular formula is C19H19N3O6. The molecule has 0 saturated heterocycles. The molecule has 146 valence electrons. The van der Waals surface area contributed by atoms with E-state index < -0.39 is 17.8 Å². The molecule has 2 aromatic rings. The van der Waals surface area contributed by atoms with Crippen LogP contribution in [0.5, 0.6) is 11.5 Å². The SMILES string of the molecule is CCOc1cc(/C=N\NC(=O)C(=O)Nc2ccc(C(=O)OC)cc2)ccc1O. The predicted octanol–water partition coefficient (Wildman–Crippen LogP) is 1.67. The number of hydrazone groups is 1. The molecule has 28 heavy (non-hydrogen) atoms. The van der Waals surface area contributed by atoms with Crippen LogP contribution in [-0.4, -0.2) is 42.8 Å². The van der Waals surface area contributed by atoms with Crippen LogP contribution >= 0.6 is 0 Å². The van der Waals surface area contributed by atoms with E-state index in [1.54, 1.807) is 13.0 Å². The number of carbonyl (C=O) groups excluding carboxylic acids is 3. The summed E-state index contributed by atoms with van der Waals surface area (Å²) in [5.41, 5.74) is 3.30. The number of phenols is 1. The van der Waals surface area contributed by atoms with Gasteiger partial charge in [-0.15, -0.1) is 0 Å². The summed E-state index contributed by atoms with van der Waals surface area (Å²) in [6.07, 6.45) is 1.30. The molecule has 2 aromatic carbocycles. The van der Waals surface area contributed by atoms with E-state index in [2.05, 4.69) is 20.6 Å². The van der Waals surface area contributed by atoms with Crippen molar-refractivity contribution in [3.8, 4) is 11.5 Å². The third kappa shape index (κ3) is 5.56. The first-order chi connectivity index (χ1) is 13.4. The smallest absolute Gasteiger partial charge is 0.337 e. The van der Waals surface area contributed by atoms with Gasteiger partial charge >= 0.3 is 17.8 Å². The van der Waals surface area contributed by atoms with E-state index in [9.17, 15) is 19.5 Å². The number of rotatable bonds is 6. The van der Waals surface area contributed by atoms with Crippen molar-refractivity contribution in [1.82, 2.24) is 5.43 Å². The number of aromatic hydroxyl groups is 1. The van der Waals surface area contributed by atoms with Crippen LogP contribution in [-0.2, 0) is 14.3 Å². The van der Waals surface area contributed by atoms with Crippen LogP contribution in [0.15, 0.2) is 47.6 Å². The minimum atomic E-state index is -0.975. The molecule has 0 spiro atoms. The number of hydrogen-bond acceptors (Lipinski definition) is 7. The zero-order chi connectivity index (χ0) is 20.5. The first-order valence-electron chi connectivity index (χ1n) is 8.23. The van der Waals surface area contributed by atoms with Crippen molar-refractivity contribution in [2.45, 2.75) is 6.92 Å². The van der Waals surface area contributed by atoms with E-state index in [1.165, 1.54) is 49.7 Å². The maximum absolute atomic E-state index is 11.9. The van der Waals surface area contributed by atoms with Gasteiger partial charge in [0, 0.05) is 5.69 Å². The van der Waals surface area contributed by atoms with Crippen molar-refractivity contribution in [2.75, 3.05) is 19.0 Å². The van der Waals surface area contributed by atoms with Crippen molar-refractivity contribution in [3.63, 3.8) is 0 Å². The van der Waals surface area contributed by atoms with Gasteiger partial charge in [-0.05, 0) is 55.0 Å². The molecule has 0 aromatic heterocycles. The minimum absolute atomic E-state index is 0.0133. The number of esters is 1. The molecule has 0 atom stereocenters. The van der Waals surface area contributed by atoms with E-state index in [0.717, 1.165) is 0 Å². The average Bonchev–Trinajstić information content (AvgIpc) is 2.70. The van der Waals surface area contributed by atoms with Crippen molar-refractivity contribution < 1.29 is 29.0 Å². The standard InChI is InChI=1S/C19H19N3O6/c1-3-28-16-10-12(4-9-15(16)23)11-20-22-18(25)17(24)21-14-7-5-13(6-8-14)19(26)27-2/h4-11,23H,3H2,1-2H3,(H,21,24)(H,22,25)/b20-11-. The molecule has 0 heterocycles. The third-order valence-corrected chi connectivity index (χ3v) is 3.43. The maximum atomic E-state index is 11.9. The molecule has 0 aliphatic rings. The molecule has 0 fully saturated rings. The fourth-order valence-electron chi connectivity index (χ4n) is 2.09. The van der Waals surface area contributed by atoms with Crippen molar-refractivity contribution >= 4 is 29.7 Å². The molecule has 0 aliphatic carbocycles. The van der Waals surface area contributed by atoms with Crippen LogP contribution in [0.25, 0.3) is 0 Å². The molecule has 0 bridgehead atoms. The zero-order valence-electron chi connectivity index (χ0n) is 15.3. The number of ether oxygens (including phenoxy) is 2. The quantitative estimate of drug-likeness (QED) is 0.300. The highest BCUT2D eigenvalue weighted by atomic mass is 16.5. The number of amides is 2. The highest BCUT2D eigenvalue weighted by molar-refractivity contribution is 6.39. The van der Waals surface area contributed by atoms with Crippen LogP contribution in [0, 0.1) is 0 Å². The Morgan fingerprint density at radius 2 is 1.82 bits per heavy atom. The Balaban J connectivity index is 1.92. The average molecular weight is 385 g/mol. The van der Waals surface area contributed by atoms with Gasteiger partial charge < -0.3 is 19.9 Å². The number of nitrogens with one attached hydrogen (secondary N) is 2. The van der Waals surface area contributed by atoms with Crippen molar-refractivity contribution in [3.05, 3.63) is 53.6 Å². The second kappa shape index (κ2) is 9.72. The van der Waals surface area contributed by atoms with E-state index in [-0.39, 0.29) is 11.5 Å². The van der Waals surface area contributed by atoms with Gasteiger partial charge in [-0.3, -0.25) is 9.59 Å². The molecule has 0 aliphatic heterocycles. The van der Waals surface area contributed by atoms with Crippen LogP contribution in [0.1, 0.15) is 22.8 Å². The summed E-state index contributed by atoms with van der Waals surface area (Å²) in [4.78, 5) is 35.0. The van der Waals surface area contributed by atoms with Crippen molar-refractivity contribution in [2.24, 2.45) is 5.10 Å². The fraction of sp³-hybridized carbons (Fsp3) is 0.158. The molecule has 3 N–H and O–H groups in total. The maximum Gasteiger partial charge on any atom is 0.337 e. The van der Waals surface area contributed by atoms with Crippen LogP contribution in [0.3, 0.4) is 0 Å². The van der Waals surface area contributed by atoms with Gasteiger partial charge in [-0.1, -0.05) is 0 Å². The Bertz CT molecular complexity index is 893. The second-order valence-electron chi connectivity index (χ2n) is 5.38. The van der Waals surface area contributed by atoms with E-state index in [4.69, 9.17) is 4.74 Å². The minimum Gasteiger partial charge on any atom is -0.504 e. The molecular weight excluding hydrogens is 366 g/mol. The Hall–Kier alpha value is -3.88. The first kappa shape index (κ1) is 20.4. The number of anilines is 1. The lowest BCUT2D eigenvalue weighted by Crippen LogP contribution is -2.32. The van der Waals surface area contributed by atoms with Crippen molar-refractivity contribution in [1.29, 1.82) is 0 Å². The van der Waals surface area contributed by atoms with Crippen LogP contribution in [0.2, 0.25) is 0 Å². The lowest BCUT2D eigenvalue weighted by atomic mass is 10.2. The molecule has 0 unspecified atom stereocenters. The molecule has 2 rings (SSSR count). The predicted molar refractivity (Wildman–Crippen MR) is 101 cm³/mol. The van der Waals surface area contributed by atoms with E-state index in [0.29, 0.717) is 23.4 Å². The molecule has 0 radical (unpaired) electrons. The lowest BCUT2D eigenvalue weighted by molar-refractivity contribution is -0.136. The highest BCUT2D eigenvalue weighted by Gasteiger charge is 2.13. The summed E-state index contributed by atoms with van der Waals surface area (Å²) in [6, 6.07) is 10.4. The van der Waals surface area contributed by atoms with E-state index >= 15 is 0 Å². The summed E-state index contributed by atoms with van der Waals surface area (Å²) >= 11 is 0. The Morgan fingerprint density at radius 3 is 2.46 bits per heavy atom. The Kier molecular flexibility index (Phi) is 7.09. The lowest BCUT2D eigenvalue weighted by Gasteiger charge is -2.06. The fourth-order valence-corrected chi connectivity index (χ4v) is 2.09. The molecule has 9 heteroatoms. The summed E-state index contributed by atoms with van der Waals surface area (Å²) in [7, 11) is 1.26. The summed E-state index contributed by atoms with van der Waals surface area (Å²) in [5.74, 6) is -2.14. The number of benzene rings is 2. The Labute approximate surface area is 161 Å². The summed E-state index contributed by atoms with van der Waals surface area (Å²) in [5, 5.41) is 15.7. The van der Waals surface area contributed by atoms with Gasteiger partial charge in [0.25, 0.3) is 0 Å². The number of phenolic OH excluding ortho intramolecular Hbond substituents is 1. The van der Waals surface area contributed by atoms with Crippen LogP contribution < -0.4 is 15.5 Å². The third-order valence-electron chi connectivity index (χ3n) is 3.43. The Morgan fingerprint density at radius 1 is 1.11 bits per heavy atom. The topological polar surface area (TPSA) is 126 Å². The van der Waals surface area contributed by atoms with Gasteiger partial charge in [-0.25, -0.2) is 10.2 Å². The van der Waals surface area contributed by atoms with E-state index in [1.807, 2.05) is 0 Å². The highest BCUT2D eigenvalue weighted by Crippen LogP contribution is 2.26. The molecule has 0 saturated carbocycles. The van der Waals surface area contributed by atoms with Crippen LogP contribution in [0.4, 0.5) is 5.69 Å². The number of carbonyl (C=O) groups is 3. The first-order valence-corrected chi connectivity index (χ1v) is 8.23. The number of nitrogens with zero attached hydrogens (tertiary/aromatic N) is 1. The van der Waals surface area contributed by atoms with Gasteiger partial charge in [-0.2, -0.15) is 5.10 Å². The number of hydrogen-bond donors (Lipinski definition) is 3. The number of methoxy groups -OCH3 is 1. The summed E-state index contributed by atoms with van der Waals surface area (Å²) in [6.45, 7) is 2.16. The van der Waals surface area contributed by atoms with Gasteiger partial charge in [0.2, 0.25) is 0 Å². The zero-order valence-corrected chi connectivity index (χ0v) is 15.3.